The van der Waals surface area contributed by atoms with Gasteiger partial charge in [-0.1, -0.05) is 6.92 Å². The smallest absolute Gasteiger partial charge is 0.293 e. The van der Waals surface area contributed by atoms with Crippen molar-refractivity contribution in [2.75, 3.05) is 26.0 Å². The topological polar surface area (TPSA) is 92.6 Å². The number of anilines is 1. The van der Waals surface area contributed by atoms with E-state index in [0.29, 0.717) is 6.54 Å². The van der Waals surface area contributed by atoms with Crippen LogP contribution in [0.1, 0.15) is 6.92 Å². The van der Waals surface area contributed by atoms with Crippen LogP contribution in [0.25, 0.3) is 0 Å². The van der Waals surface area contributed by atoms with Crippen LogP contribution in [0, 0.1) is 10.1 Å². The number of nitro groups is 1. The van der Waals surface area contributed by atoms with Crippen molar-refractivity contribution in [1.29, 1.82) is 0 Å². The van der Waals surface area contributed by atoms with Gasteiger partial charge in [0, 0.05) is 26.7 Å². The normalized spacial score (nSPS) is 11.6. The third kappa shape index (κ3) is 2.59. The molecule has 0 aromatic heterocycles. The monoisotopic (exact) mass is 273 g/mol. The molecule has 100 valence electrons. The minimum atomic E-state index is -3.67. The summed E-state index contributed by atoms with van der Waals surface area (Å²) in [5.41, 5.74) is 0.0150. The van der Waals surface area contributed by atoms with Crippen LogP contribution in [0.2, 0.25) is 0 Å². The highest BCUT2D eigenvalue weighted by Crippen LogP contribution is 2.28. The zero-order valence-electron chi connectivity index (χ0n) is 10.4. The van der Waals surface area contributed by atoms with Gasteiger partial charge in [-0.3, -0.25) is 10.1 Å². The molecule has 0 unspecified atom stereocenters. The summed E-state index contributed by atoms with van der Waals surface area (Å²) in [6.07, 6.45) is 0. The lowest BCUT2D eigenvalue weighted by Gasteiger charge is -2.15. The first-order valence-electron chi connectivity index (χ1n) is 5.27. The van der Waals surface area contributed by atoms with Gasteiger partial charge in [0.2, 0.25) is 10.0 Å². The molecule has 0 saturated carbocycles. The van der Waals surface area contributed by atoms with E-state index in [1.54, 1.807) is 6.92 Å². The average molecular weight is 273 g/mol. The molecule has 0 heterocycles. The first-order chi connectivity index (χ1) is 8.34. The summed E-state index contributed by atoms with van der Waals surface area (Å²) in [6, 6.07) is 3.79. The summed E-state index contributed by atoms with van der Waals surface area (Å²) >= 11 is 0. The van der Waals surface area contributed by atoms with Crippen molar-refractivity contribution in [1.82, 2.24) is 4.31 Å². The molecule has 0 spiro atoms. The summed E-state index contributed by atoms with van der Waals surface area (Å²) in [7, 11) is -0.709. The molecule has 8 heteroatoms. The van der Waals surface area contributed by atoms with Crippen molar-refractivity contribution < 1.29 is 13.3 Å². The maximum absolute atomic E-state index is 12.0. The Morgan fingerprint density at radius 2 is 2.06 bits per heavy atom. The SMILES string of the molecule is CCN(C)S(=O)(=O)c1ccc(NC)c([N+](=O)[O-])c1. The van der Waals surface area contributed by atoms with Crippen LogP contribution in [0.15, 0.2) is 23.1 Å². The number of hydrogen-bond donors (Lipinski definition) is 1. The van der Waals surface area contributed by atoms with Crippen LogP contribution in [-0.4, -0.2) is 38.3 Å². The van der Waals surface area contributed by atoms with E-state index in [4.69, 9.17) is 0 Å². The molecule has 0 radical (unpaired) electrons. The van der Waals surface area contributed by atoms with Crippen molar-refractivity contribution in [2.24, 2.45) is 0 Å². The quantitative estimate of drug-likeness (QED) is 0.644. The van der Waals surface area contributed by atoms with Crippen molar-refractivity contribution in [2.45, 2.75) is 11.8 Å². The third-order valence-electron chi connectivity index (χ3n) is 2.59. The first kappa shape index (κ1) is 14.4. The molecule has 0 aliphatic carbocycles. The lowest BCUT2D eigenvalue weighted by molar-refractivity contribution is -0.384. The number of benzene rings is 1. The van der Waals surface area contributed by atoms with Crippen LogP contribution in [0.3, 0.4) is 0 Å². The molecule has 18 heavy (non-hydrogen) atoms. The average Bonchev–Trinajstić information content (AvgIpc) is 2.36. The largest absolute Gasteiger partial charge is 0.383 e. The third-order valence-corrected chi connectivity index (χ3v) is 4.52. The van der Waals surface area contributed by atoms with Crippen molar-refractivity contribution in [3.63, 3.8) is 0 Å². The van der Waals surface area contributed by atoms with Crippen molar-refractivity contribution >= 4 is 21.4 Å². The Kier molecular flexibility index (Phi) is 4.25. The number of hydrogen-bond acceptors (Lipinski definition) is 5. The Morgan fingerprint density at radius 3 is 2.50 bits per heavy atom. The lowest BCUT2D eigenvalue weighted by atomic mass is 10.3. The second kappa shape index (κ2) is 5.32. The molecule has 0 saturated heterocycles. The fraction of sp³-hybridized carbons (Fsp3) is 0.400. The Hall–Kier alpha value is -1.67. The van der Waals surface area contributed by atoms with Crippen LogP contribution < -0.4 is 5.32 Å². The fourth-order valence-electron chi connectivity index (χ4n) is 1.38. The molecule has 0 atom stereocenters. The van der Waals surface area contributed by atoms with Gasteiger partial charge in [-0.25, -0.2) is 12.7 Å². The summed E-state index contributed by atoms with van der Waals surface area (Å²) in [5.74, 6) is 0. The summed E-state index contributed by atoms with van der Waals surface area (Å²) in [5, 5.41) is 13.5. The molecular formula is C10H15N3O4S. The summed E-state index contributed by atoms with van der Waals surface area (Å²) < 4.78 is 25.2. The second-order valence-corrected chi connectivity index (χ2v) is 5.65. The molecule has 1 aromatic rings. The molecule has 0 aliphatic rings. The van der Waals surface area contributed by atoms with Gasteiger partial charge in [-0.05, 0) is 12.1 Å². The van der Waals surface area contributed by atoms with E-state index in [1.807, 2.05) is 0 Å². The number of rotatable bonds is 5. The van der Waals surface area contributed by atoms with E-state index in [9.17, 15) is 18.5 Å². The van der Waals surface area contributed by atoms with Crippen LogP contribution in [0.5, 0.6) is 0 Å². The van der Waals surface area contributed by atoms with Gasteiger partial charge in [0.05, 0.1) is 9.82 Å². The van der Waals surface area contributed by atoms with Crippen LogP contribution >= 0.6 is 0 Å². The van der Waals surface area contributed by atoms with Gasteiger partial charge in [0.25, 0.3) is 5.69 Å². The molecule has 7 nitrogen and oxygen atoms in total. The molecule has 1 rings (SSSR count). The lowest BCUT2D eigenvalue weighted by Crippen LogP contribution is -2.26. The molecule has 0 amide bonds. The van der Waals surface area contributed by atoms with Gasteiger partial charge in [0.15, 0.2) is 0 Å². The number of nitrogens with zero attached hydrogens (tertiary/aromatic N) is 2. The number of nitrogens with one attached hydrogen (secondary N) is 1. The Labute approximate surface area is 106 Å². The first-order valence-corrected chi connectivity index (χ1v) is 6.71. The molecule has 0 bridgehead atoms. The predicted molar refractivity (Wildman–Crippen MR) is 68.1 cm³/mol. The Bertz CT molecular complexity index is 556. The zero-order chi connectivity index (χ0) is 13.9. The zero-order valence-corrected chi connectivity index (χ0v) is 11.2. The van der Waals surface area contributed by atoms with Gasteiger partial charge in [-0.15, -0.1) is 0 Å². The second-order valence-electron chi connectivity index (χ2n) is 3.61. The standard InChI is InChI=1S/C10H15N3O4S/c1-4-12(3)18(16,17)8-5-6-9(11-2)10(7-8)13(14)15/h5-7,11H,4H2,1-3H3. The van der Waals surface area contributed by atoms with Crippen LogP contribution in [0.4, 0.5) is 11.4 Å². The molecule has 1 aromatic carbocycles. The van der Waals surface area contributed by atoms with E-state index < -0.39 is 14.9 Å². The molecule has 1 N–H and O–H groups in total. The Morgan fingerprint density at radius 1 is 1.44 bits per heavy atom. The molecular weight excluding hydrogens is 258 g/mol. The van der Waals surface area contributed by atoms with Gasteiger partial charge in [0.1, 0.15) is 5.69 Å². The fourth-order valence-corrected chi connectivity index (χ4v) is 2.58. The summed E-state index contributed by atoms with van der Waals surface area (Å²) in [4.78, 5) is 10.2. The van der Waals surface area contributed by atoms with E-state index in [0.717, 1.165) is 10.4 Å². The maximum Gasteiger partial charge on any atom is 0.293 e. The van der Waals surface area contributed by atoms with Gasteiger partial charge in [-0.2, -0.15) is 0 Å². The maximum atomic E-state index is 12.0. The van der Waals surface area contributed by atoms with Crippen molar-refractivity contribution in [3.05, 3.63) is 28.3 Å². The van der Waals surface area contributed by atoms with Crippen LogP contribution in [-0.2, 0) is 10.0 Å². The van der Waals surface area contributed by atoms with Gasteiger partial charge >= 0.3 is 0 Å². The summed E-state index contributed by atoms with van der Waals surface area (Å²) in [6.45, 7) is 1.98. The number of nitro benzene ring substituents is 1. The van der Waals surface area contributed by atoms with E-state index in [-0.39, 0.29) is 16.3 Å². The highest BCUT2D eigenvalue weighted by molar-refractivity contribution is 7.89. The highest BCUT2D eigenvalue weighted by Gasteiger charge is 2.23. The molecule has 0 aliphatic heterocycles. The number of sulfonamides is 1. The predicted octanol–water partition coefficient (Wildman–Crippen LogP) is 1.28. The minimum Gasteiger partial charge on any atom is -0.383 e. The molecule has 0 fully saturated rings. The Balaban J connectivity index is 3.37. The van der Waals surface area contributed by atoms with Crippen molar-refractivity contribution in [3.8, 4) is 0 Å². The van der Waals surface area contributed by atoms with E-state index in [1.165, 1.54) is 26.2 Å². The van der Waals surface area contributed by atoms with E-state index >= 15 is 0 Å². The minimum absolute atomic E-state index is 0.0856. The van der Waals surface area contributed by atoms with E-state index in [2.05, 4.69) is 5.32 Å². The van der Waals surface area contributed by atoms with Gasteiger partial charge < -0.3 is 5.32 Å². The highest BCUT2D eigenvalue weighted by atomic mass is 32.2.